The molecule has 0 saturated heterocycles. The van der Waals surface area contributed by atoms with Crippen LogP contribution in [0.2, 0.25) is 5.54 Å². The van der Waals surface area contributed by atoms with E-state index < -0.39 is 0 Å². The van der Waals surface area contributed by atoms with Crippen molar-refractivity contribution in [2.45, 2.75) is 69.4 Å². The number of nitrogens with zero attached hydrogens (tertiary/aromatic N) is 4. The lowest BCUT2D eigenvalue weighted by atomic mass is 9.93. The predicted molar refractivity (Wildman–Crippen MR) is 163 cm³/mol. The predicted octanol–water partition coefficient (Wildman–Crippen LogP) is 6.77. The van der Waals surface area contributed by atoms with E-state index in [2.05, 4.69) is 19.1 Å². The molecule has 0 spiro atoms. The minimum Gasteiger partial charge on any atom is -0.474 e. The van der Waals surface area contributed by atoms with E-state index >= 15 is 4.39 Å². The maximum Gasteiger partial charge on any atom is 0.273 e. The number of halogens is 1. The molecule has 2 aromatic heterocycles. The number of fused-ring (bicyclic) bond motifs is 2. The first-order valence-electron chi connectivity index (χ1n) is 15.3. The van der Waals surface area contributed by atoms with Gasteiger partial charge in [-0.05, 0) is 91.3 Å². The quantitative estimate of drug-likeness (QED) is 0.221. The number of hydrogen-bond donors (Lipinski definition) is 0. The zero-order valence-corrected chi connectivity index (χ0v) is 25.6. The highest BCUT2D eigenvalue weighted by molar-refractivity contribution is 6.73. The Bertz CT molecular complexity index is 1720. The number of methoxy groups -OCH3 is 1. The van der Waals surface area contributed by atoms with Crippen molar-refractivity contribution < 1.29 is 18.7 Å². The fourth-order valence-electron chi connectivity index (χ4n) is 6.96. The summed E-state index contributed by atoms with van der Waals surface area (Å²) in [6, 6.07) is 15.6. The molecule has 1 aliphatic heterocycles. The van der Waals surface area contributed by atoms with E-state index in [-0.39, 0.29) is 32.9 Å². The second-order valence-electron chi connectivity index (χ2n) is 12.3. The Morgan fingerprint density at radius 1 is 1.07 bits per heavy atom. The lowest BCUT2D eigenvalue weighted by Gasteiger charge is -2.35. The average Bonchev–Trinajstić information content (AvgIpc) is 3.63. The highest BCUT2D eigenvalue weighted by Crippen LogP contribution is 2.41. The molecule has 2 saturated carbocycles. The first-order chi connectivity index (χ1) is 20.9. The van der Waals surface area contributed by atoms with Gasteiger partial charge in [-0.15, -0.1) is 0 Å². The molecule has 9 heteroatoms. The van der Waals surface area contributed by atoms with Gasteiger partial charge in [-0.2, -0.15) is 0 Å². The second-order valence-corrected chi connectivity index (χ2v) is 13.8. The van der Waals surface area contributed by atoms with Gasteiger partial charge >= 0.3 is 0 Å². The second kappa shape index (κ2) is 11.3. The van der Waals surface area contributed by atoms with Crippen LogP contribution in [0.15, 0.2) is 54.7 Å². The van der Waals surface area contributed by atoms with Crippen LogP contribution in [0.3, 0.4) is 0 Å². The number of carbonyl (C=O) groups is 2. The highest BCUT2D eigenvalue weighted by Gasteiger charge is 2.33. The molecule has 2 aliphatic carbocycles. The molecule has 43 heavy (non-hydrogen) atoms. The van der Waals surface area contributed by atoms with E-state index in [0.717, 1.165) is 56.2 Å². The summed E-state index contributed by atoms with van der Waals surface area (Å²) in [7, 11) is 1.63. The number of imidazole rings is 1. The Labute approximate surface area is 253 Å². The number of benzene rings is 2. The maximum absolute atomic E-state index is 15.5. The van der Waals surface area contributed by atoms with Crippen LogP contribution in [0.25, 0.3) is 17.0 Å². The summed E-state index contributed by atoms with van der Waals surface area (Å²) in [6.07, 6.45) is 8.62. The third kappa shape index (κ3) is 5.51. The van der Waals surface area contributed by atoms with E-state index in [1.165, 1.54) is 18.2 Å². The molecule has 0 N–H and O–H groups in total. The highest BCUT2D eigenvalue weighted by atomic mass is 28.2. The van der Waals surface area contributed by atoms with Crippen LogP contribution >= 0.6 is 0 Å². The number of hydrogen-bond acceptors (Lipinski definition) is 5. The van der Waals surface area contributed by atoms with Crippen molar-refractivity contribution in [3.8, 4) is 11.3 Å². The molecule has 7 nitrogen and oxygen atoms in total. The molecule has 220 valence electrons. The van der Waals surface area contributed by atoms with Gasteiger partial charge in [0.2, 0.25) is 5.78 Å². The minimum absolute atomic E-state index is 0.0360. The first-order valence-corrected chi connectivity index (χ1v) is 16.4. The van der Waals surface area contributed by atoms with Crippen LogP contribution < -0.4 is 0 Å². The number of rotatable bonds is 7. The molecule has 2 unspecified atom stereocenters. The molecule has 3 atom stereocenters. The number of ether oxygens (including phenoxy) is 1. The van der Waals surface area contributed by atoms with Crippen LogP contribution in [-0.2, 0) is 17.6 Å². The minimum atomic E-state index is -0.308. The Kier molecular flexibility index (Phi) is 7.37. The van der Waals surface area contributed by atoms with Gasteiger partial charge in [-0.1, -0.05) is 43.2 Å². The van der Waals surface area contributed by atoms with Crippen LogP contribution in [0.5, 0.6) is 0 Å². The standard InChI is InChI=1S/C34H35FN4O3Si/c1-20-26-6-4-3-5-23(26)13-14-38(20)32(40)29-18-31(24-9-10-24)39-19-30(37-33(39)36-29)27-12-8-22(17-28(27)35)15-21-7-11-25(16-21)43-34(41)42-2/h3-6,8,12,17-21,24-25H,7,9-11,13-16H2,1-2H3/t20-,21?,25?/m1/s1. The molecule has 2 radical (unpaired) electrons. The topological polar surface area (TPSA) is 76.8 Å². The molecular weight excluding hydrogens is 559 g/mol. The van der Waals surface area contributed by atoms with Crippen LogP contribution in [0.1, 0.15) is 83.9 Å². The largest absolute Gasteiger partial charge is 0.474 e. The van der Waals surface area contributed by atoms with Crippen molar-refractivity contribution in [2.24, 2.45) is 5.92 Å². The third-order valence-corrected chi connectivity index (χ3v) is 10.8. The van der Waals surface area contributed by atoms with Gasteiger partial charge < -0.3 is 9.64 Å². The number of aromatic nitrogens is 3. The summed E-state index contributed by atoms with van der Waals surface area (Å²) in [6.45, 7) is 2.72. The van der Waals surface area contributed by atoms with Crippen molar-refractivity contribution >= 4 is 26.8 Å². The molecule has 4 aromatic rings. The average molecular weight is 595 g/mol. The van der Waals surface area contributed by atoms with Gasteiger partial charge in [0.1, 0.15) is 11.5 Å². The number of carbonyl (C=O) groups excluding carboxylic acids is 2. The van der Waals surface area contributed by atoms with Gasteiger partial charge in [0.15, 0.2) is 9.52 Å². The van der Waals surface area contributed by atoms with Crippen LogP contribution in [0, 0.1) is 11.7 Å². The third-order valence-electron chi connectivity index (χ3n) is 9.42. The van der Waals surface area contributed by atoms with E-state index in [1.54, 1.807) is 6.07 Å². The Balaban J connectivity index is 1.13. The van der Waals surface area contributed by atoms with Gasteiger partial charge in [0.25, 0.3) is 11.5 Å². The van der Waals surface area contributed by atoms with Crippen molar-refractivity contribution in [1.29, 1.82) is 0 Å². The van der Waals surface area contributed by atoms with Crippen LogP contribution in [-0.4, -0.2) is 53.9 Å². The molecule has 3 aliphatic rings. The smallest absolute Gasteiger partial charge is 0.273 e. The molecule has 7 rings (SSSR count). The fraction of sp³-hybridized carbons (Fsp3) is 0.412. The van der Waals surface area contributed by atoms with E-state index in [9.17, 15) is 9.59 Å². The van der Waals surface area contributed by atoms with Crippen molar-refractivity contribution in [3.05, 3.63) is 88.6 Å². The summed E-state index contributed by atoms with van der Waals surface area (Å²) in [5, 5.41) is 0. The van der Waals surface area contributed by atoms with Gasteiger partial charge in [0.05, 0.1) is 18.8 Å². The molecule has 3 heterocycles. The zero-order chi connectivity index (χ0) is 29.7. The summed E-state index contributed by atoms with van der Waals surface area (Å²) >= 11 is 0. The van der Waals surface area contributed by atoms with Crippen molar-refractivity contribution in [2.75, 3.05) is 13.7 Å². The van der Waals surface area contributed by atoms with Gasteiger partial charge in [0, 0.05) is 24.0 Å². The molecule has 1 amide bonds. The van der Waals surface area contributed by atoms with Crippen LogP contribution in [0.4, 0.5) is 9.18 Å². The molecule has 2 aromatic carbocycles. The Morgan fingerprint density at radius 3 is 2.70 bits per heavy atom. The van der Waals surface area contributed by atoms with Crippen molar-refractivity contribution in [3.63, 3.8) is 0 Å². The lowest BCUT2D eigenvalue weighted by Crippen LogP contribution is -2.39. The monoisotopic (exact) mass is 594 g/mol. The molecule has 0 bridgehead atoms. The van der Waals surface area contributed by atoms with Crippen molar-refractivity contribution in [1.82, 2.24) is 19.3 Å². The Morgan fingerprint density at radius 2 is 1.91 bits per heavy atom. The summed E-state index contributed by atoms with van der Waals surface area (Å²) < 4.78 is 22.3. The molecule has 2 fully saturated rings. The summed E-state index contributed by atoms with van der Waals surface area (Å²) in [5.74, 6) is 0.824. The number of amides is 1. The summed E-state index contributed by atoms with van der Waals surface area (Å²) in [4.78, 5) is 36.8. The zero-order valence-electron chi connectivity index (χ0n) is 24.6. The van der Waals surface area contributed by atoms with E-state index in [4.69, 9.17) is 14.7 Å². The van der Waals surface area contributed by atoms with E-state index in [1.807, 2.05) is 45.8 Å². The lowest BCUT2D eigenvalue weighted by molar-refractivity contribution is 0.0671. The SMILES string of the molecule is COC(=O)[Si]C1CCC(Cc2ccc(-c3cn4c(C5CC5)cc(C(=O)N5CCc6ccccc6[C@H]5C)nc4n3)c(F)c2)C1. The Hall–Kier alpha value is -3.85. The maximum atomic E-state index is 15.5. The normalized spacial score (nSPS) is 21.7. The molecular formula is C34H35FN4O3Si. The van der Waals surface area contributed by atoms with Gasteiger partial charge in [-0.25, -0.2) is 14.4 Å². The van der Waals surface area contributed by atoms with E-state index in [0.29, 0.717) is 46.7 Å². The van der Waals surface area contributed by atoms with Gasteiger partial charge in [-0.3, -0.25) is 14.0 Å². The fourth-order valence-corrected chi connectivity index (χ4v) is 8.18. The first kappa shape index (κ1) is 27.9. The summed E-state index contributed by atoms with van der Waals surface area (Å²) in [5.41, 5.74) is 6.04.